The lowest BCUT2D eigenvalue weighted by molar-refractivity contribution is -0.158. The lowest BCUT2D eigenvalue weighted by Gasteiger charge is -2.24. The average Bonchev–Trinajstić information content (AvgIpc) is 3.19. The number of ether oxygens (including phenoxy) is 1. The lowest BCUT2D eigenvalue weighted by Crippen LogP contribution is -2.30. The fraction of sp³-hybridized carbons (Fsp3) is 0.304. The lowest BCUT2D eigenvalue weighted by atomic mass is 9.93. The molecule has 3 aromatic rings. The highest BCUT2D eigenvalue weighted by atomic mass is 19.3. The molecule has 2 aliphatic heterocycles. The van der Waals surface area contributed by atoms with Gasteiger partial charge in [-0.2, -0.15) is 8.78 Å². The van der Waals surface area contributed by atoms with Gasteiger partial charge in [0.05, 0.1) is 23.1 Å². The number of alkyl halides is 2. The Morgan fingerprint density at radius 3 is 2.87 bits per heavy atom. The van der Waals surface area contributed by atoms with E-state index in [9.17, 15) is 13.6 Å². The third kappa shape index (κ3) is 2.67. The highest BCUT2D eigenvalue weighted by Crippen LogP contribution is 2.48. The number of imidazole rings is 1. The van der Waals surface area contributed by atoms with Gasteiger partial charge in [0.2, 0.25) is 0 Å². The Morgan fingerprint density at radius 1 is 1.30 bits per heavy atom. The van der Waals surface area contributed by atoms with E-state index in [1.54, 1.807) is 31.2 Å². The van der Waals surface area contributed by atoms with E-state index in [1.165, 1.54) is 12.1 Å². The minimum atomic E-state index is -3.37. The van der Waals surface area contributed by atoms with Crippen LogP contribution in [0.25, 0.3) is 11.0 Å². The third-order valence-electron chi connectivity index (χ3n) is 5.50. The molecule has 0 unspecified atom stereocenters. The van der Waals surface area contributed by atoms with Crippen molar-refractivity contribution in [2.45, 2.75) is 38.5 Å². The van der Waals surface area contributed by atoms with Gasteiger partial charge in [-0.3, -0.25) is 4.79 Å². The summed E-state index contributed by atoms with van der Waals surface area (Å²) in [7, 11) is 0. The number of fused-ring (bicyclic) bond motifs is 9. The van der Waals surface area contributed by atoms with E-state index in [4.69, 9.17) is 8.85 Å². The Morgan fingerprint density at radius 2 is 2.13 bits per heavy atom. The minimum Gasteiger partial charge on any atom is -0.433 e. The smallest absolute Gasteiger partial charge is 0.394 e. The van der Waals surface area contributed by atoms with Crippen LogP contribution in [0.3, 0.4) is 0 Å². The van der Waals surface area contributed by atoms with Crippen molar-refractivity contribution in [1.29, 1.82) is 0 Å². The second-order valence-electron chi connectivity index (χ2n) is 7.48. The van der Waals surface area contributed by atoms with Gasteiger partial charge in [-0.25, -0.2) is 4.98 Å². The molecular formula is C23H19F2N3O2. The van der Waals surface area contributed by atoms with Crippen LogP contribution in [0.4, 0.5) is 8.78 Å². The van der Waals surface area contributed by atoms with E-state index >= 15 is 0 Å². The Hall–Kier alpha value is -3.40. The maximum atomic E-state index is 13.5. The molecule has 3 heterocycles. The molecule has 0 fully saturated rings. The van der Waals surface area contributed by atoms with Crippen molar-refractivity contribution in [2.75, 3.05) is 6.98 Å². The molecule has 0 spiro atoms. The van der Waals surface area contributed by atoms with Gasteiger partial charge in [0.25, 0.3) is 5.91 Å². The highest BCUT2D eigenvalue weighted by Gasteiger charge is 2.44. The summed E-state index contributed by atoms with van der Waals surface area (Å²) >= 11 is 0. The molecular weight excluding hydrogens is 388 g/mol. The fourth-order valence-electron chi connectivity index (χ4n) is 4.44. The largest absolute Gasteiger partial charge is 0.433 e. The first-order chi connectivity index (χ1) is 15.5. The number of hydrogen-bond acceptors (Lipinski definition) is 3. The summed E-state index contributed by atoms with van der Waals surface area (Å²) in [5, 5.41) is 0. The molecule has 5 rings (SSSR count). The second kappa shape index (κ2) is 6.30. The van der Waals surface area contributed by atoms with Crippen molar-refractivity contribution >= 4 is 16.9 Å². The molecule has 0 N–H and O–H groups in total. The van der Waals surface area contributed by atoms with Gasteiger partial charge in [0.15, 0.2) is 0 Å². The van der Waals surface area contributed by atoms with Crippen LogP contribution >= 0.6 is 0 Å². The Bertz CT molecular complexity index is 1370. The normalized spacial score (nSPS) is 21.7. The molecule has 0 saturated heterocycles. The van der Waals surface area contributed by atoms with E-state index < -0.39 is 31.1 Å². The van der Waals surface area contributed by atoms with Gasteiger partial charge in [-0.05, 0) is 31.2 Å². The van der Waals surface area contributed by atoms with Crippen molar-refractivity contribution in [2.24, 2.45) is 0 Å². The van der Waals surface area contributed by atoms with Gasteiger partial charge in [-0.15, -0.1) is 5.92 Å². The van der Waals surface area contributed by atoms with Crippen LogP contribution in [0.15, 0.2) is 36.4 Å². The molecule has 152 valence electrons. The number of benzene rings is 2. The van der Waals surface area contributed by atoms with Crippen LogP contribution in [0.1, 0.15) is 63.8 Å². The monoisotopic (exact) mass is 410 g/mol. The van der Waals surface area contributed by atoms with Crippen molar-refractivity contribution in [1.82, 2.24) is 14.5 Å². The maximum absolute atomic E-state index is 13.5. The van der Waals surface area contributed by atoms with Crippen molar-refractivity contribution < 1.29 is 22.4 Å². The molecule has 0 aliphatic carbocycles. The van der Waals surface area contributed by atoms with Gasteiger partial charge >= 0.3 is 6.11 Å². The average molecular weight is 410 g/mol. The summed E-state index contributed by atoms with van der Waals surface area (Å²) in [6.45, 7) is -0.371. The Balaban J connectivity index is 1.81. The molecule has 0 saturated carbocycles. The molecule has 1 aromatic heterocycles. The van der Waals surface area contributed by atoms with Crippen LogP contribution in [0.5, 0.6) is 5.75 Å². The first kappa shape index (κ1) is 15.4. The maximum Gasteiger partial charge on any atom is 0.394 e. The predicted octanol–water partition coefficient (Wildman–Crippen LogP) is 4.52. The molecule has 2 bridgehead atoms. The Labute approximate surface area is 176 Å². The summed E-state index contributed by atoms with van der Waals surface area (Å²) in [6, 6.07) is 8.21. The van der Waals surface area contributed by atoms with E-state index in [0.29, 0.717) is 34.9 Å². The van der Waals surface area contributed by atoms with E-state index in [0.717, 1.165) is 4.90 Å². The number of nitrogens with zero attached hydrogens (tertiary/aromatic N) is 3. The molecule has 30 heavy (non-hydrogen) atoms. The summed E-state index contributed by atoms with van der Waals surface area (Å²) in [5.74, 6) is 5.61. The molecule has 1 amide bonds. The highest BCUT2D eigenvalue weighted by molar-refractivity contribution is 5.97. The molecule has 7 heteroatoms. The van der Waals surface area contributed by atoms with Crippen molar-refractivity contribution in [3.05, 3.63) is 58.9 Å². The van der Waals surface area contributed by atoms with Gasteiger partial charge in [0, 0.05) is 47.2 Å². The van der Waals surface area contributed by atoms with Crippen LogP contribution in [0, 0.1) is 11.8 Å². The number of aromatic nitrogens is 2. The summed E-state index contributed by atoms with van der Waals surface area (Å²) in [5.41, 5.74) is 2.50. The zero-order valence-electron chi connectivity index (χ0n) is 19.2. The predicted molar refractivity (Wildman–Crippen MR) is 108 cm³/mol. The first-order valence-electron chi connectivity index (χ1n) is 11.0. The second-order valence-corrected chi connectivity index (χ2v) is 7.48. The van der Waals surface area contributed by atoms with Crippen LogP contribution < -0.4 is 4.74 Å². The molecule has 2 aliphatic rings. The van der Waals surface area contributed by atoms with E-state index in [2.05, 4.69) is 16.8 Å². The molecule has 2 atom stereocenters. The number of carbonyl (C=O) groups excluding carboxylic acids is 1. The first-order valence-corrected chi connectivity index (χ1v) is 9.47. The number of hydrogen-bond donors (Lipinski definition) is 0. The molecule has 5 nitrogen and oxygen atoms in total. The van der Waals surface area contributed by atoms with Gasteiger partial charge < -0.3 is 14.2 Å². The van der Waals surface area contributed by atoms with E-state index in [1.807, 2.05) is 4.57 Å². The molecule has 2 aromatic carbocycles. The number of rotatable bonds is 2. The van der Waals surface area contributed by atoms with Gasteiger partial charge in [-0.1, -0.05) is 12.0 Å². The standard InChI is InChI=1S/C23H19F2N3O2/c1-4-6-13-7-5-8-15-20(13)18-12-19(27(3)22(15)29)21-26-16-10-9-14(30-23(2,24)25)11-17(16)28(18)21/h5,7-11,18-19H,12H2,1-3H3/t18-,19-/m1/s1/i3D3. The zero-order chi connectivity index (χ0) is 23.7. The fourth-order valence-corrected chi connectivity index (χ4v) is 4.44. The summed E-state index contributed by atoms with van der Waals surface area (Å²) in [6.07, 6.45) is -3.08. The summed E-state index contributed by atoms with van der Waals surface area (Å²) < 4.78 is 57.7. The molecule has 0 radical (unpaired) electrons. The van der Waals surface area contributed by atoms with Crippen LogP contribution in [-0.2, 0) is 0 Å². The third-order valence-corrected chi connectivity index (χ3v) is 5.50. The quantitative estimate of drug-likeness (QED) is 0.584. The van der Waals surface area contributed by atoms with Crippen molar-refractivity contribution in [3.63, 3.8) is 0 Å². The SMILES string of the molecule is [2H]C([2H])([2H])N1C(=O)c2cccc(C#CC)c2[C@H]2C[C@@H]1c1nc3ccc(OC(C)(F)F)cc3n12. The van der Waals surface area contributed by atoms with Crippen LogP contribution in [0.2, 0.25) is 0 Å². The Kier molecular flexibility index (Phi) is 3.24. The number of halogens is 2. The number of amides is 1. The summed E-state index contributed by atoms with van der Waals surface area (Å²) in [4.78, 5) is 18.9. The topological polar surface area (TPSA) is 47.4 Å². The van der Waals surface area contributed by atoms with Crippen molar-refractivity contribution in [3.8, 4) is 17.6 Å². The number of carbonyl (C=O) groups is 1. The zero-order valence-corrected chi connectivity index (χ0v) is 16.2. The van der Waals surface area contributed by atoms with Gasteiger partial charge in [0.1, 0.15) is 11.6 Å². The van der Waals surface area contributed by atoms with Crippen LogP contribution in [-0.4, -0.2) is 33.4 Å². The minimum absolute atomic E-state index is 0.0393. The van der Waals surface area contributed by atoms with E-state index in [-0.39, 0.29) is 17.7 Å².